The van der Waals surface area contributed by atoms with Gasteiger partial charge in [0.2, 0.25) is 0 Å². The monoisotopic (exact) mass is 410 g/mol. The predicted octanol–water partition coefficient (Wildman–Crippen LogP) is 6.79. The highest BCUT2D eigenvalue weighted by Crippen LogP contribution is 2.32. The number of ether oxygens (including phenoxy) is 1. The summed E-state index contributed by atoms with van der Waals surface area (Å²) in [5, 5.41) is 0. The summed E-state index contributed by atoms with van der Waals surface area (Å²) in [6.45, 7) is 5.51. The van der Waals surface area contributed by atoms with Crippen molar-refractivity contribution in [1.82, 2.24) is 0 Å². The highest BCUT2D eigenvalue weighted by Gasteiger charge is 2.17. The molecule has 1 aromatic rings. The van der Waals surface area contributed by atoms with Gasteiger partial charge in [0, 0.05) is 13.3 Å². The van der Waals surface area contributed by atoms with E-state index < -0.39 is 5.97 Å². The topological polar surface area (TPSA) is 43.4 Å². The molecule has 140 valence electrons. The van der Waals surface area contributed by atoms with Crippen LogP contribution in [0.3, 0.4) is 0 Å². The molecule has 0 aliphatic rings. The highest BCUT2D eigenvalue weighted by molar-refractivity contribution is 9.10. The third-order valence-electron chi connectivity index (χ3n) is 4.24. The van der Waals surface area contributed by atoms with Crippen molar-refractivity contribution in [3.8, 4) is 5.75 Å². The van der Waals surface area contributed by atoms with Crippen molar-refractivity contribution in [3.63, 3.8) is 0 Å². The smallest absolute Gasteiger partial charge is 0.308 e. The Labute approximate surface area is 160 Å². The van der Waals surface area contributed by atoms with Crippen LogP contribution in [-0.2, 0) is 4.79 Å². The Morgan fingerprint density at radius 2 is 1.52 bits per heavy atom. The standard InChI is InChI=1S/C21H31BrO3/c1-4-5-6-7-8-9-10-11-12-13-20(24)18-14-16(2)15-19(22)21(18)25-17(3)23/h14-15H,4-13H2,1-3H3. The van der Waals surface area contributed by atoms with E-state index in [1.165, 1.54) is 51.9 Å². The number of hydrogen-bond donors (Lipinski definition) is 0. The molecule has 1 aromatic carbocycles. The molecule has 0 aromatic heterocycles. The SMILES string of the molecule is CCCCCCCCCCCC(=O)c1cc(C)cc(Br)c1OC(C)=O. The predicted molar refractivity (Wildman–Crippen MR) is 106 cm³/mol. The Bertz CT molecular complexity index is 567. The average Bonchev–Trinajstić information content (AvgIpc) is 2.55. The molecule has 1 rings (SSSR count). The zero-order valence-corrected chi connectivity index (χ0v) is 17.4. The van der Waals surface area contributed by atoms with Gasteiger partial charge in [-0.25, -0.2) is 0 Å². The first-order valence-corrected chi connectivity index (χ1v) is 10.3. The van der Waals surface area contributed by atoms with Gasteiger partial charge in [0.1, 0.15) is 0 Å². The minimum atomic E-state index is -0.415. The maximum absolute atomic E-state index is 12.5. The summed E-state index contributed by atoms with van der Waals surface area (Å²) in [7, 11) is 0. The number of unbranched alkanes of at least 4 members (excludes halogenated alkanes) is 8. The fourth-order valence-corrected chi connectivity index (χ4v) is 3.57. The fourth-order valence-electron chi connectivity index (χ4n) is 2.91. The van der Waals surface area contributed by atoms with E-state index in [-0.39, 0.29) is 5.78 Å². The molecule has 0 aliphatic heterocycles. The first-order chi connectivity index (χ1) is 12.0. The maximum Gasteiger partial charge on any atom is 0.308 e. The average molecular weight is 411 g/mol. The number of halogens is 1. The summed E-state index contributed by atoms with van der Waals surface area (Å²) in [6, 6.07) is 3.66. The van der Waals surface area contributed by atoms with Gasteiger partial charge in [0.05, 0.1) is 10.0 Å². The number of hydrogen-bond acceptors (Lipinski definition) is 3. The summed E-state index contributed by atoms with van der Waals surface area (Å²) in [5.74, 6) is -0.0238. The summed E-state index contributed by atoms with van der Waals surface area (Å²) in [4.78, 5) is 23.8. The largest absolute Gasteiger partial charge is 0.425 e. The van der Waals surface area contributed by atoms with Crippen molar-refractivity contribution in [3.05, 3.63) is 27.7 Å². The van der Waals surface area contributed by atoms with Crippen LogP contribution < -0.4 is 4.74 Å². The van der Waals surface area contributed by atoms with E-state index in [9.17, 15) is 9.59 Å². The van der Waals surface area contributed by atoms with Gasteiger partial charge < -0.3 is 4.74 Å². The summed E-state index contributed by atoms with van der Waals surface area (Å²) in [5.41, 5.74) is 1.47. The highest BCUT2D eigenvalue weighted by atomic mass is 79.9. The third kappa shape index (κ3) is 8.66. The van der Waals surface area contributed by atoms with Crippen LogP contribution in [0.4, 0.5) is 0 Å². The van der Waals surface area contributed by atoms with Gasteiger partial charge >= 0.3 is 5.97 Å². The van der Waals surface area contributed by atoms with Gasteiger partial charge in [0.15, 0.2) is 11.5 Å². The Morgan fingerprint density at radius 1 is 0.960 bits per heavy atom. The first-order valence-electron chi connectivity index (χ1n) is 9.47. The number of benzene rings is 1. The quantitative estimate of drug-likeness (QED) is 0.165. The van der Waals surface area contributed by atoms with Crippen LogP contribution in [0.15, 0.2) is 16.6 Å². The van der Waals surface area contributed by atoms with Crippen LogP contribution in [0.5, 0.6) is 5.75 Å². The number of carbonyl (C=O) groups excluding carboxylic acids is 2. The van der Waals surface area contributed by atoms with Gasteiger partial charge in [-0.2, -0.15) is 0 Å². The van der Waals surface area contributed by atoms with Crippen molar-refractivity contribution in [2.45, 2.75) is 85.0 Å². The zero-order valence-electron chi connectivity index (χ0n) is 15.8. The van der Waals surface area contributed by atoms with Crippen LogP contribution in [0, 0.1) is 6.92 Å². The van der Waals surface area contributed by atoms with Crippen LogP contribution in [-0.4, -0.2) is 11.8 Å². The molecular weight excluding hydrogens is 380 g/mol. The number of Topliss-reactive ketones (excluding diaryl/α,β-unsaturated/α-hetero) is 1. The van der Waals surface area contributed by atoms with Crippen molar-refractivity contribution in [1.29, 1.82) is 0 Å². The fraction of sp³-hybridized carbons (Fsp3) is 0.619. The lowest BCUT2D eigenvalue weighted by atomic mass is 10.0. The molecule has 0 atom stereocenters. The molecule has 0 heterocycles. The molecule has 0 fully saturated rings. The summed E-state index contributed by atoms with van der Waals surface area (Å²) < 4.78 is 5.89. The Balaban J connectivity index is 2.43. The molecule has 0 saturated carbocycles. The normalized spacial score (nSPS) is 10.7. The molecule has 0 aliphatic carbocycles. The molecule has 0 saturated heterocycles. The van der Waals surface area contributed by atoms with Crippen LogP contribution >= 0.6 is 15.9 Å². The second kappa shape index (κ2) is 12.2. The molecule has 0 unspecified atom stereocenters. The number of aryl methyl sites for hydroxylation is 1. The van der Waals surface area contributed by atoms with Crippen LogP contribution in [0.2, 0.25) is 0 Å². The number of ketones is 1. The minimum absolute atomic E-state index is 0.0450. The molecule has 0 N–H and O–H groups in total. The lowest BCUT2D eigenvalue weighted by Gasteiger charge is -2.11. The number of esters is 1. The zero-order chi connectivity index (χ0) is 18.7. The molecule has 0 bridgehead atoms. The first kappa shape index (κ1) is 21.9. The molecule has 0 radical (unpaired) electrons. The number of rotatable bonds is 12. The van der Waals surface area contributed by atoms with E-state index in [4.69, 9.17) is 4.74 Å². The molecule has 3 nitrogen and oxygen atoms in total. The lowest BCUT2D eigenvalue weighted by Crippen LogP contribution is -2.09. The van der Waals surface area contributed by atoms with E-state index in [2.05, 4.69) is 22.9 Å². The second-order valence-electron chi connectivity index (χ2n) is 6.72. The van der Waals surface area contributed by atoms with Crippen molar-refractivity contribution >= 4 is 27.7 Å². The van der Waals surface area contributed by atoms with Crippen LogP contribution in [0.25, 0.3) is 0 Å². The van der Waals surface area contributed by atoms with Gasteiger partial charge in [0.25, 0.3) is 0 Å². The van der Waals surface area contributed by atoms with Gasteiger partial charge in [-0.1, -0.05) is 58.3 Å². The van der Waals surface area contributed by atoms with E-state index >= 15 is 0 Å². The summed E-state index contributed by atoms with van der Waals surface area (Å²) >= 11 is 3.39. The number of carbonyl (C=O) groups is 2. The molecule has 25 heavy (non-hydrogen) atoms. The third-order valence-corrected chi connectivity index (χ3v) is 4.83. The lowest BCUT2D eigenvalue weighted by molar-refractivity contribution is -0.131. The molecular formula is C21H31BrO3. The van der Waals surface area contributed by atoms with Gasteiger partial charge in [-0.15, -0.1) is 0 Å². The maximum atomic E-state index is 12.5. The van der Waals surface area contributed by atoms with Gasteiger partial charge in [-0.3, -0.25) is 9.59 Å². The van der Waals surface area contributed by atoms with Gasteiger partial charge in [-0.05, 0) is 47.0 Å². The van der Waals surface area contributed by atoms with E-state index in [1.54, 1.807) is 6.07 Å². The molecule has 0 amide bonds. The van der Waals surface area contributed by atoms with E-state index in [0.29, 0.717) is 22.2 Å². The molecule has 0 spiro atoms. The second-order valence-corrected chi connectivity index (χ2v) is 7.57. The van der Waals surface area contributed by atoms with Crippen molar-refractivity contribution < 1.29 is 14.3 Å². The summed E-state index contributed by atoms with van der Waals surface area (Å²) in [6.07, 6.45) is 11.5. The van der Waals surface area contributed by atoms with Crippen molar-refractivity contribution in [2.75, 3.05) is 0 Å². The Kier molecular flexibility index (Phi) is 10.7. The minimum Gasteiger partial charge on any atom is -0.425 e. The molecule has 4 heteroatoms. The van der Waals surface area contributed by atoms with E-state index in [1.807, 2.05) is 13.0 Å². The van der Waals surface area contributed by atoms with E-state index in [0.717, 1.165) is 18.4 Å². The van der Waals surface area contributed by atoms with Crippen molar-refractivity contribution in [2.24, 2.45) is 0 Å². The van der Waals surface area contributed by atoms with Crippen LogP contribution in [0.1, 0.15) is 94.0 Å². The Morgan fingerprint density at radius 3 is 2.08 bits per heavy atom. The Hall–Kier alpha value is -1.16.